The van der Waals surface area contributed by atoms with E-state index in [1.165, 1.54) is 44.9 Å². The third-order valence-corrected chi connectivity index (χ3v) is 11.6. The molecule has 15 nitrogen and oxygen atoms in total. The summed E-state index contributed by atoms with van der Waals surface area (Å²) in [6.07, 6.45) is 19.5. The molecule has 15 heteroatoms. The summed E-state index contributed by atoms with van der Waals surface area (Å²) in [6, 6.07) is 0. The molecular formula is C50H86O15. The number of hydrogen-bond acceptors (Lipinski definition) is 15. The maximum Gasteiger partial charge on any atom is 0.306 e. The summed E-state index contributed by atoms with van der Waals surface area (Å²) in [5, 5.41) is 72.0. The lowest BCUT2D eigenvalue weighted by Crippen LogP contribution is -2.61. The Labute approximate surface area is 388 Å². The van der Waals surface area contributed by atoms with Crippen molar-refractivity contribution < 1.29 is 73.8 Å². The summed E-state index contributed by atoms with van der Waals surface area (Å²) in [7, 11) is 0. The Morgan fingerprint density at radius 1 is 0.538 bits per heavy atom. The van der Waals surface area contributed by atoms with Crippen molar-refractivity contribution in [1.82, 2.24) is 0 Å². The number of aliphatic hydroxyl groups is 7. The molecule has 0 aromatic heterocycles. The minimum atomic E-state index is -1.77. The Morgan fingerprint density at radius 2 is 1.03 bits per heavy atom. The number of allylic oxidation sites excluding steroid dienone is 5. The monoisotopic (exact) mass is 927 g/mol. The summed E-state index contributed by atoms with van der Waals surface area (Å²) >= 11 is 0. The first-order chi connectivity index (χ1) is 31.5. The number of aliphatic hydroxyl groups excluding tert-OH is 7. The van der Waals surface area contributed by atoms with Crippen LogP contribution in [0.25, 0.3) is 0 Å². The van der Waals surface area contributed by atoms with Crippen molar-refractivity contribution in [1.29, 1.82) is 0 Å². The SMILES string of the molecule is CCCC/C=C/C/C=C/CCCCCCCC(=O)O[C@H](COC(=O)CCCCCCCC=C=CCCCCCCC)CO[C@@H]1O[C@H](CO[C@@H]2O[C@H](CO)[C@H](O)C(O)C2O)[C@H](O)C(O)C1O. The lowest BCUT2D eigenvalue weighted by molar-refractivity contribution is -0.332. The van der Waals surface area contributed by atoms with Crippen LogP contribution in [0.1, 0.15) is 168 Å². The van der Waals surface area contributed by atoms with Crippen LogP contribution in [0.15, 0.2) is 42.2 Å². The van der Waals surface area contributed by atoms with Gasteiger partial charge in [-0.1, -0.05) is 115 Å². The van der Waals surface area contributed by atoms with E-state index in [0.29, 0.717) is 12.8 Å². The van der Waals surface area contributed by atoms with Gasteiger partial charge in [0, 0.05) is 12.8 Å². The van der Waals surface area contributed by atoms with Crippen LogP contribution in [0, 0.1) is 0 Å². The molecule has 0 radical (unpaired) electrons. The highest BCUT2D eigenvalue weighted by Crippen LogP contribution is 2.26. The minimum Gasteiger partial charge on any atom is -0.462 e. The first-order valence-corrected chi connectivity index (χ1v) is 24.8. The van der Waals surface area contributed by atoms with Crippen LogP contribution in [0.5, 0.6) is 0 Å². The Bertz CT molecular complexity index is 1330. The molecule has 0 spiro atoms. The van der Waals surface area contributed by atoms with Crippen molar-refractivity contribution in [3.8, 4) is 0 Å². The molecule has 0 aliphatic carbocycles. The van der Waals surface area contributed by atoms with Crippen molar-refractivity contribution >= 4 is 11.9 Å². The van der Waals surface area contributed by atoms with Gasteiger partial charge in [-0.3, -0.25) is 9.59 Å². The average molecular weight is 927 g/mol. The highest BCUT2D eigenvalue weighted by Gasteiger charge is 2.47. The standard InChI is InChI=1S/C50H86O15/c1-3-5-7-9-11-13-15-17-19-21-22-24-26-28-30-32-41(52)60-35-38(63-42(53)33-31-29-27-25-23-20-18-16-14-12-10-8-6-4-2)36-61-49-48(59)46(57)44(55)40(65-49)37-62-50-47(58)45(56)43(54)39(34-51)64-50/h10,12,15-16,18-19,38-40,43-51,54-59H,3-9,11,13-14,20-37H2,1-2H3/b12-10+,18-16+/t17?,38-,39-,40-,43+,44+,45?,46?,47?,48?,49-,50-/m1/s1. The molecule has 11 atom stereocenters. The number of ether oxygens (including phenoxy) is 6. The normalized spacial score (nSPS) is 26.3. The van der Waals surface area contributed by atoms with E-state index in [0.717, 1.165) is 83.5 Å². The fraction of sp³-hybridized carbons (Fsp3) is 0.820. The number of hydrogen-bond donors (Lipinski definition) is 7. The lowest BCUT2D eigenvalue weighted by Gasteiger charge is -2.42. The van der Waals surface area contributed by atoms with Gasteiger partial charge < -0.3 is 64.2 Å². The maximum absolute atomic E-state index is 13.0. The van der Waals surface area contributed by atoms with Crippen LogP contribution in [-0.2, 0) is 38.0 Å². The molecule has 65 heavy (non-hydrogen) atoms. The second-order valence-corrected chi connectivity index (χ2v) is 17.4. The van der Waals surface area contributed by atoms with E-state index in [1.807, 2.05) is 0 Å². The molecule has 2 aliphatic heterocycles. The quantitative estimate of drug-likeness (QED) is 0.0157. The highest BCUT2D eigenvalue weighted by atomic mass is 16.7. The average Bonchev–Trinajstić information content (AvgIpc) is 3.30. The number of esters is 2. The second kappa shape index (κ2) is 37.5. The third-order valence-electron chi connectivity index (χ3n) is 11.6. The predicted molar refractivity (Wildman–Crippen MR) is 246 cm³/mol. The maximum atomic E-state index is 13.0. The Balaban J connectivity index is 1.85. The summed E-state index contributed by atoms with van der Waals surface area (Å²) in [5.41, 5.74) is 3.28. The molecule has 376 valence electrons. The van der Waals surface area contributed by atoms with Gasteiger partial charge in [-0.05, 0) is 76.4 Å². The highest BCUT2D eigenvalue weighted by molar-refractivity contribution is 5.70. The van der Waals surface area contributed by atoms with Crippen molar-refractivity contribution in [2.45, 2.75) is 235 Å². The fourth-order valence-electron chi connectivity index (χ4n) is 7.44. The second-order valence-electron chi connectivity index (χ2n) is 17.4. The summed E-state index contributed by atoms with van der Waals surface area (Å²) < 4.78 is 33.5. The smallest absolute Gasteiger partial charge is 0.306 e. The van der Waals surface area contributed by atoms with Crippen LogP contribution >= 0.6 is 0 Å². The summed E-state index contributed by atoms with van der Waals surface area (Å²) in [6.45, 7) is 2.48. The van der Waals surface area contributed by atoms with Crippen molar-refractivity contribution in [3.63, 3.8) is 0 Å². The molecule has 2 aliphatic rings. The van der Waals surface area contributed by atoms with E-state index >= 15 is 0 Å². The zero-order valence-electron chi connectivity index (χ0n) is 39.5. The van der Waals surface area contributed by atoms with Crippen LogP contribution in [0.2, 0.25) is 0 Å². The summed E-state index contributed by atoms with van der Waals surface area (Å²) in [4.78, 5) is 25.7. The largest absolute Gasteiger partial charge is 0.462 e. The predicted octanol–water partition coefficient (Wildman–Crippen LogP) is 6.31. The summed E-state index contributed by atoms with van der Waals surface area (Å²) in [5.74, 6) is -0.964. The van der Waals surface area contributed by atoms with E-state index in [9.17, 15) is 45.3 Å². The number of unbranched alkanes of at least 4 members (excludes halogenated alkanes) is 17. The molecule has 0 bridgehead atoms. The minimum absolute atomic E-state index is 0.144. The van der Waals surface area contributed by atoms with Gasteiger partial charge in [-0.25, -0.2) is 0 Å². The van der Waals surface area contributed by atoms with E-state index in [1.54, 1.807) is 0 Å². The van der Waals surface area contributed by atoms with Crippen molar-refractivity contribution in [2.75, 3.05) is 26.4 Å². The Kier molecular flexibility index (Phi) is 33.8. The van der Waals surface area contributed by atoms with Crippen LogP contribution in [-0.4, -0.2) is 142 Å². The molecule has 4 unspecified atom stereocenters. The first kappa shape index (κ1) is 58.6. The molecule has 7 N–H and O–H groups in total. The number of carbonyl (C=O) groups is 2. The molecule has 2 saturated heterocycles. The Hall–Kier alpha value is -2.50. The fourth-order valence-corrected chi connectivity index (χ4v) is 7.44. The van der Waals surface area contributed by atoms with Gasteiger partial charge in [0.15, 0.2) is 18.7 Å². The van der Waals surface area contributed by atoms with Gasteiger partial charge in [0.1, 0.15) is 55.4 Å². The van der Waals surface area contributed by atoms with Gasteiger partial charge in [0.2, 0.25) is 0 Å². The lowest BCUT2D eigenvalue weighted by atomic mass is 9.98. The number of rotatable bonds is 37. The zero-order chi connectivity index (χ0) is 47.5. The molecule has 0 aromatic rings. The first-order valence-electron chi connectivity index (χ1n) is 24.8. The van der Waals surface area contributed by atoms with Gasteiger partial charge in [0.25, 0.3) is 0 Å². The van der Waals surface area contributed by atoms with Crippen molar-refractivity contribution in [2.24, 2.45) is 0 Å². The van der Waals surface area contributed by atoms with E-state index in [2.05, 4.69) is 56.0 Å². The van der Waals surface area contributed by atoms with Gasteiger partial charge in [0.05, 0.1) is 19.8 Å². The third kappa shape index (κ3) is 26.0. The number of carbonyl (C=O) groups excluding carboxylic acids is 2. The molecule has 0 saturated carbocycles. The van der Waals surface area contributed by atoms with Crippen LogP contribution in [0.4, 0.5) is 0 Å². The molecule has 0 amide bonds. The van der Waals surface area contributed by atoms with Crippen LogP contribution < -0.4 is 0 Å². The zero-order valence-corrected chi connectivity index (χ0v) is 39.5. The topological polar surface area (TPSA) is 231 Å². The Morgan fingerprint density at radius 3 is 1.63 bits per heavy atom. The van der Waals surface area contributed by atoms with E-state index in [-0.39, 0.29) is 19.4 Å². The molecular weight excluding hydrogens is 841 g/mol. The van der Waals surface area contributed by atoms with Gasteiger partial charge in [-0.15, -0.1) is 5.73 Å². The van der Waals surface area contributed by atoms with Gasteiger partial charge >= 0.3 is 11.9 Å². The van der Waals surface area contributed by atoms with Crippen molar-refractivity contribution in [3.05, 3.63) is 42.2 Å². The molecule has 0 aromatic carbocycles. The van der Waals surface area contributed by atoms with Gasteiger partial charge in [-0.2, -0.15) is 0 Å². The van der Waals surface area contributed by atoms with E-state index in [4.69, 9.17) is 28.4 Å². The molecule has 2 fully saturated rings. The molecule has 2 heterocycles. The van der Waals surface area contributed by atoms with Crippen LogP contribution in [0.3, 0.4) is 0 Å². The molecule has 2 rings (SSSR count). The van der Waals surface area contributed by atoms with E-state index < -0.39 is 99.3 Å².